The molecule has 0 aromatic heterocycles. The number of halogens is 2. The molecule has 3 fully saturated rings. The molecule has 4 aromatic rings. The number of carbonyl (C=O) groups excluding carboxylic acids is 4. The van der Waals surface area contributed by atoms with Gasteiger partial charge >= 0.3 is 7.12 Å². The molecule has 2 heterocycles. The van der Waals surface area contributed by atoms with E-state index in [1.165, 1.54) is 37.4 Å². The molecule has 53 heavy (non-hydrogen) atoms. The lowest BCUT2D eigenvalue weighted by Gasteiger charge is -2.50. The van der Waals surface area contributed by atoms with Gasteiger partial charge in [-0.3, -0.25) is 29.5 Å². The highest BCUT2D eigenvalue weighted by molar-refractivity contribution is 6.58. The smallest absolute Gasteiger partial charge is 0.488 e. The van der Waals surface area contributed by atoms with E-state index in [4.69, 9.17) is 27.9 Å². The minimum absolute atomic E-state index is 0.0493. The largest absolute Gasteiger partial charge is 0.508 e. The minimum atomic E-state index is -1.81. The van der Waals surface area contributed by atoms with Crippen LogP contribution < -0.4 is 20.5 Å². The van der Waals surface area contributed by atoms with E-state index in [1.54, 1.807) is 60.7 Å². The quantitative estimate of drug-likeness (QED) is 0.121. The van der Waals surface area contributed by atoms with Gasteiger partial charge in [0.25, 0.3) is 11.8 Å². The van der Waals surface area contributed by atoms with Gasteiger partial charge in [-0.1, -0.05) is 71.2 Å². The summed E-state index contributed by atoms with van der Waals surface area (Å²) < 4.78 is 5.44. The van der Waals surface area contributed by atoms with Crippen LogP contribution in [-0.2, 0) is 24.6 Å². The number of imide groups is 2. The normalized spacial score (nSPS) is 26.2. The number of anilines is 2. The van der Waals surface area contributed by atoms with Crippen molar-refractivity contribution < 1.29 is 39.1 Å². The van der Waals surface area contributed by atoms with Crippen LogP contribution in [-0.4, -0.2) is 58.0 Å². The first-order valence-electron chi connectivity index (χ1n) is 17.0. The monoisotopic (exact) mass is 751 g/mol. The number of phenolic OH excluding ortho intramolecular Hbond substituents is 1. The van der Waals surface area contributed by atoms with Crippen molar-refractivity contribution in [2.45, 2.75) is 24.2 Å². The number of hydrogen-bond acceptors (Lipinski definition) is 9. The van der Waals surface area contributed by atoms with Crippen molar-refractivity contribution in [2.75, 3.05) is 17.4 Å². The fourth-order valence-electron chi connectivity index (χ4n) is 9.00. The maximum Gasteiger partial charge on any atom is 0.488 e. The lowest BCUT2D eigenvalue weighted by atomic mass is 9.49. The molecular formula is C39H32BCl2N3O8. The Hall–Kier alpha value is -5.14. The number of allylic oxidation sites excluding steroid dienone is 2. The van der Waals surface area contributed by atoms with Crippen molar-refractivity contribution in [3.8, 4) is 11.5 Å². The maximum atomic E-state index is 15.3. The highest BCUT2D eigenvalue weighted by Crippen LogP contribution is 2.64. The van der Waals surface area contributed by atoms with Crippen LogP contribution in [0, 0.1) is 23.7 Å². The SMILES string of the molecule is COc1ccc([C@@]23C(=O)N(Nc4ccc(Cl)cc4Cl)C(=O)[C@@H]2C[C@@H]2C(=CC[C@@H]4C(=O)N(c5cccc(B(O)O)c5)C(=O)[C@@H]42)[C@@H]3c2cccc(O)c2)cc1. The molecule has 2 aliphatic carbocycles. The summed E-state index contributed by atoms with van der Waals surface area (Å²) in [5, 5.41) is 32.0. The fourth-order valence-corrected chi connectivity index (χ4v) is 9.45. The third kappa shape index (κ3) is 5.34. The summed E-state index contributed by atoms with van der Waals surface area (Å²) in [6.07, 6.45) is 2.14. The zero-order chi connectivity index (χ0) is 37.3. The first kappa shape index (κ1) is 34.9. The molecule has 0 bridgehead atoms. The Bertz CT molecular complexity index is 2230. The number of phenols is 1. The van der Waals surface area contributed by atoms with Gasteiger partial charge in [-0.15, -0.1) is 0 Å². The van der Waals surface area contributed by atoms with Gasteiger partial charge in [0.15, 0.2) is 0 Å². The molecule has 0 unspecified atom stereocenters. The molecule has 0 radical (unpaired) electrons. The number of fused-ring (bicyclic) bond motifs is 4. The van der Waals surface area contributed by atoms with Crippen LogP contribution in [0.2, 0.25) is 10.0 Å². The molecule has 11 nitrogen and oxygen atoms in total. The van der Waals surface area contributed by atoms with Gasteiger partial charge in [0.2, 0.25) is 11.8 Å². The maximum absolute atomic E-state index is 15.3. The fraction of sp³-hybridized carbons (Fsp3) is 0.231. The number of amides is 4. The van der Waals surface area contributed by atoms with Crippen molar-refractivity contribution in [1.82, 2.24) is 5.01 Å². The molecule has 4 N–H and O–H groups in total. The van der Waals surface area contributed by atoms with Crippen LogP contribution in [0.5, 0.6) is 11.5 Å². The number of aromatic hydroxyl groups is 1. The summed E-state index contributed by atoms with van der Waals surface area (Å²) in [6.45, 7) is 0. The van der Waals surface area contributed by atoms with Crippen LogP contribution in [0.4, 0.5) is 11.4 Å². The van der Waals surface area contributed by atoms with E-state index >= 15 is 4.79 Å². The molecule has 268 valence electrons. The Morgan fingerprint density at radius 1 is 0.868 bits per heavy atom. The second kappa shape index (κ2) is 13.1. The van der Waals surface area contributed by atoms with Gasteiger partial charge in [-0.05, 0) is 89.9 Å². The van der Waals surface area contributed by atoms with Crippen molar-refractivity contribution in [3.63, 3.8) is 0 Å². The molecule has 2 aliphatic heterocycles. The summed E-state index contributed by atoms with van der Waals surface area (Å²) in [5.41, 5.74) is 3.76. The Morgan fingerprint density at radius 3 is 2.32 bits per heavy atom. The number of ether oxygens (including phenoxy) is 1. The van der Waals surface area contributed by atoms with E-state index in [0.29, 0.717) is 27.5 Å². The minimum Gasteiger partial charge on any atom is -0.508 e. The number of benzene rings is 4. The number of hydrazine groups is 1. The number of carbonyl (C=O) groups is 4. The topological polar surface area (TPSA) is 157 Å². The van der Waals surface area contributed by atoms with Crippen LogP contribution >= 0.6 is 23.2 Å². The van der Waals surface area contributed by atoms with Crippen molar-refractivity contribution >= 4 is 70.8 Å². The Labute approximate surface area is 314 Å². The highest BCUT2D eigenvalue weighted by Gasteiger charge is 2.70. The number of methoxy groups -OCH3 is 1. The summed E-state index contributed by atoms with van der Waals surface area (Å²) in [4.78, 5) is 59.8. The summed E-state index contributed by atoms with van der Waals surface area (Å²) in [7, 11) is -0.284. The van der Waals surface area contributed by atoms with Gasteiger partial charge in [-0.25, -0.2) is 0 Å². The van der Waals surface area contributed by atoms with E-state index in [9.17, 15) is 29.5 Å². The lowest BCUT2D eigenvalue weighted by Crippen LogP contribution is -2.53. The van der Waals surface area contributed by atoms with Gasteiger partial charge in [0.1, 0.15) is 11.5 Å². The Morgan fingerprint density at radius 2 is 1.62 bits per heavy atom. The van der Waals surface area contributed by atoms with E-state index in [-0.39, 0.29) is 40.5 Å². The number of nitrogens with one attached hydrogen (secondary N) is 1. The Kier molecular flexibility index (Phi) is 8.61. The Balaban J connectivity index is 1.31. The average molecular weight is 752 g/mol. The standard InChI is InChI=1S/C39H32BCl2N3O8/c1-53-26-11-8-21(9-12-26)39-30(36(48)45(38(39)50)43-32-15-10-23(41)18-31(32)42)19-29-27(34(39)20-4-2-7-25(46)16-20)13-14-28-33(29)37(49)44(35(28)47)24-6-3-5-22(17-24)40(51)52/h2-13,15-18,28-30,33-34,43,46,51-52H,14,19H2,1H3/t28-,29+,30-,33-,34-,39+/m0/s1. The number of nitrogens with zero attached hydrogens (tertiary/aromatic N) is 2. The predicted octanol–water partition coefficient (Wildman–Crippen LogP) is 4.58. The van der Waals surface area contributed by atoms with Crippen LogP contribution in [0.1, 0.15) is 29.9 Å². The predicted molar refractivity (Wildman–Crippen MR) is 197 cm³/mol. The molecule has 0 spiro atoms. The van der Waals surface area contributed by atoms with Gasteiger partial charge in [0, 0.05) is 10.9 Å². The van der Waals surface area contributed by atoms with Crippen LogP contribution in [0.3, 0.4) is 0 Å². The third-order valence-electron chi connectivity index (χ3n) is 11.2. The van der Waals surface area contributed by atoms with Crippen LogP contribution in [0.25, 0.3) is 0 Å². The zero-order valence-electron chi connectivity index (χ0n) is 28.1. The summed E-state index contributed by atoms with van der Waals surface area (Å²) in [5.74, 6) is -5.73. The van der Waals surface area contributed by atoms with Gasteiger partial charge < -0.3 is 19.9 Å². The molecule has 4 aromatic carbocycles. The van der Waals surface area contributed by atoms with Gasteiger partial charge in [-0.2, -0.15) is 5.01 Å². The lowest BCUT2D eigenvalue weighted by molar-refractivity contribution is -0.138. The number of hydrogen-bond donors (Lipinski definition) is 4. The first-order chi connectivity index (χ1) is 25.4. The van der Waals surface area contributed by atoms with E-state index < -0.39 is 65.8 Å². The molecule has 2 saturated heterocycles. The van der Waals surface area contributed by atoms with E-state index in [2.05, 4.69) is 5.43 Å². The molecule has 4 aliphatic rings. The molecule has 1 saturated carbocycles. The molecule has 4 amide bonds. The van der Waals surface area contributed by atoms with E-state index in [1.807, 2.05) is 6.08 Å². The van der Waals surface area contributed by atoms with E-state index in [0.717, 1.165) is 9.91 Å². The molecule has 8 rings (SSSR count). The molecule has 6 atom stereocenters. The number of rotatable bonds is 7. The highest BCUT2D eigenvalue weighted by atomic mass is 35.5. The first-order valence-corrected chi connectivity index (χ1v) is 17.8. The van der Waals surface area contributed by atoms with Gasteiger partial charge in [0.05, 0.1) is 46.7 Å². The summed E-state index contributed by atoms with van der Waals surface area (Å²) in [6, 6.07) is 24.1. The zero-order valence-corrected chi connectivity index (χ0v) is 29.7. The van der Waals surface area contributed by atoms with Crippen molar-refractivity contribution in [1.29, 1.82) is 0 Å². The van der Waals surface area contributed by atoms with Crippen LogP contribution in [0.15, 0.2) is 103 Å². The second-order valence-corrected chi connectivity index (χ2v) is 14.6. The second-order valence-electron chi connectivity index (χ2n) is 13.8. The molecule has 14 heteroatoms. The third-order valence-corrected chi connectivity index (χ3v) is 11.8. The average Bonchev–Trinajstić information content (AvgIpc) is 3.53. The summed E-state index contributed by atoms with van der Waals surface area (Å²) >= 11 is 12.7. The van der Waals surface area contributed by atoms with Crippen molar-refractivity contribution in [2.24, 2.45) is 23.7 Å². The molecular weight excluding hydrogens is 720 g/mol. The van der Waals surface area contributed by atoms with Crippen molar-refractivity contribution in [3.05, 3.63) is 124 Å².